The van der Waals surface area contributed by atoms with E-state index in [9.17, 15) is 4.11 Å². The lowest BCUT2D eigenvalue weighted by Gasteiger charge is -2.18. The fourth-order valence-electron chi connectivity index (χ4n) is 7.09. The van der Waals surface area contributed by atoms with Crippen LogP contribution >= 0.6 is 0 Å². The Morgan fingerprint density at radius 3 is 1.73 bits per heavy atom. The lowest BCUT2D eigenvalue weighted by molar-refractivity contribution is 0.670. The van der Waals surface area contributed by atoms with Crippen LogP contribution in [0.4, 0.5) is 0 Å². The van der Waals surface area contributed by atoms with Crippen LogP contribution in [0.25, 0.3) is 98.8 Å². The third-order valence-electron chi connectivity index (χ3n) is 9.27. The number of para-hydroxylation sites is 1. The fraction of sp³-hybridized carbons (Fsp3) is 0. The zero-order chi connectivity index (χ0) is 41.9. The van der Waals surface area contributed by atoms with Crippen molar-refractivity contribution in [2.24, 2.45) is 0 Å². The van der Waals surface area contributed by atoms with Crippen molar-refractivity contribution in [1.82, 2.24) is 0 Å². The maximum atomic E-state index is 9.40. The van der Waals surface area contributed by atoms with Crippen molar-refractivity contribution >= 4 is 54.3 Å². The van der Waals surface area contributed by atoms with Gasteiger partial charge < -0.3 is 4.42 Å². The first-order valence-electron chi connectivity index (χ1n) is 21.5. The van der Waals surface area contributed by atoms with E-state index >= 15 is 0 Å². The second-order valence-corrected chi connectivity index (χ2v) is 12.0. The summed E-state index contributed by atoms with van der Waals surface area (Å²) < 4.78 is 103. The van der Waals surface area contributed by atoms with E-state index < -0.39 is 66.0 Å². The Kier molecular flexibility index (Phi) is 4.25. The molecule has 0 fully saturated rings. The van der Waals surface area contributed by atoms with Gasteiger partial charge in [0.2, 0.25) is 0 Å². The molecular weight excluding hydrogens is 593 g/mol. The first kappa shape index (κ1) is 18.8. The van der Waals surface area contributed by atoms with E-state index in [0.717, 1.165) is 54.6 Å². The van der Waals surface area contributed by atoms with Gasteiger partial charge in [0.1, 0.15) is 11.2 Å². The topological polar surface area (TPSA) is 13.1 Å². The molecule has 0 radical (unpaired) electrons. The molecule has 0 N–H and O–H groups in total. The number of fused-ring (bicyclic) bond motifs is 6. The fourth-order valence-corrected chi connectivity index (χ4v) is 7.09. The smallest absolute Gasteiger partial charge is 0.143 e. The van der Waals surface area contributed by atoms with Gasteiger partial charge >= 0.3 is 0 Å². The molecule has 49 heavy (non-hydrogen) atoms. The quantitative estimate of drug-likeness (QED) is 0.176. The molecule has 0 spiro atoms. The Hall–Kier alpha value is -6.44. The Balaban J connectivity index is 1.27. The molecule has 0 aliphatic heterocycles. The number of hydrogen-bond acceptors (Lipinski definition) is 1. The van der Waals surface area contributed by atoms with Crippen LogP contribution in [0.1, 0.15) is 15.1 Å². The highest BCUT2D eigenvalue weighted by molar-refractivity contribution is 6.24. The van der Waals surface area contributed by atoms with Gasteiger partial charge in [0.15, 0.2) is 0 Å². The number of hydrogen-bond donors (Lipinski definition) is 0. The second kappa shape index (κ2) is 11.1. The summed E-state index contributed by atoms with van der Waals surface area (Å²) in [7, 11) is 0. The summed E-state index contributed by atoms with van der Waals surface area (Å²) in [6.45, 7) is 0. The lowest BCUT2D eigenvalue weighted by atomic mass is 9.85. The van der Waals surface area contributed by atoms with Gasteiger partial charge in [-0.2, -0.15) is 0 Å². The van der Waals surface area contributed by atoms with Gasteiger partial charge in [-0.15, -0.1) is 0 Å². The summed E-state index contributed by atoms with van der Waals surface area (Å²) >= 11 is 0. The molecule has 0 saturated carbocycles. The molecule has 0 aliphatic rings. The molecule has 1 nitrogen and oxygen atoms in total. The molecule has 10 rings (SSSR count). The Bertz CT molecular complexity index is 3410. The zero-order valence-corrected chi connectivity index (χ0v) is 25.9. The van der Waals surface area contributed by atoms with Crippen LogP contribution in [0, 0.1) is 0 Å². The molecule has 9 aromatic carbocycles. The van der Waals surface area contributed by atoms with Gasteiger partial charge in [-0.1, -0.05) is 170 Å². The van der Waals surface area contributed by atoms with Crippen molar-refractivity contribution in [2.75, 3.05) is 0 Å². The lowest BCUT2D eigenvalue weighted by Crippen LogP contribution is -1.91. The highest BCUT2D eigenvalue weighted by Gasteiger charge is 2.20. The summed E-state index contributed by atoms with van der Waals surface area (Å²) in [5.41, 5.74) is 3.73. The van der Waals surface area contributed by atoms with Crippen molar-refractivity contribution in [3.8, 4) is 44.5 Å². The zero-order valence-electron chi connectivity index (χ0n) is 36.9. The number of benzene rings is 9. The van der Waals surface area contributed by atoms with Gasteiger partial charge in [-0.3, -0.25) is 0 Å². The molecule has 0 saturated heterocycles. The summed E-state index contributed by atoms with van der Waals surface area (Å²) in [5, 5.41) is 5.35. The number of rotatable bonds is 4. The largest absolute Gasteiger partial charge is 0.455 e. The van der Waals surface area contributed by atoms with Gasteiger partial charge in [-0.05, 0) is 77.8 Å². The summed E-state index contributed by atoms with van der Waals surface area (Å²) in [5.74, 6) is 0. The minimum atomic E-state index is -0.655. The van der Waals surface area contributed by atoms with Crippen molar-refractivity contribution in [3.63, 3.8) is 0 Å². The van der Waals surface area contributed by atoms with E-state index in [1.807, 2.05) is 60.7 Å². The van der Waals surface area contributed by atoms with Crippen molar-refractivity contribution in [1.29, 1.82) is 0 Å². The van der Waals surface area contributed by atoms with Crippen LogP contribution in [0.15, 0.2) is 186 Å². The molecule has 0 bridgehead atoms. The van der Waals surface area contributed by atoms with Gasteiger partial charge in [-0.25, -0.2) is 0 Å². The van der Waals surface area contributed by atoms with E-state index in [1.165, 1.54) is 0 Å². The molecular formula is C48H30O. The first-order chi connectivity index (χ1) is 28.9. The first-order valence-corrected chi connectivity index (χ1v) is 16.0. The van der Waals surface area contributed by atoms with E-state index in [0.29, 0.717) is 5.56 Å². The Morgan fingerprint density at radius 1 is 0.367 bits per heavy atom. The third-order valence-corrected chi connectivity index (χ3v) is 9.27. The minimum Gasteiger partial charge on any atom is -0.455 e. The molecule has 1 heterocycles. The standard InChI is InChI=1S/C48H30O/c1-2-12-31(13-3-1)35-28-29-38-43-22-11-23-44(48(43)49-45(38)30-35)47-41-19-8-6-17-39(41)46(40-18-7-9-20-42(40)47)34-26-24-33(25-27-34)37-21-10-15-32-14-4-5-16-36(32)37/h1-30H/i1D,2D,3D,11D,12D,13D,22D,23D,28D,29D,30D. The van der Waals surface area contributed by atoms with Crippen LogP contribution in [-0.2, 0) is 0 Å². The molecule has 1 heteroatoms. The molecule has 10 aromatic rings. The summed E-state index contributed by atoms with van der Waals surface area (Å²) in [4.78, 5) is 0. The molecule has 1 aromatic heterocycles. The molecule has 0 atom stereocenters. The molecule has 228 valence electrons. The predicted molar refractivity (Wildman–Crippen MR) is 208 cm³/mol. The maximum Gasteiger partial charge on any atom is 0.143 e. The third kappa shape index (κ3) is 4.40. The van der Waals surface area contributed by atoms with Crippen molar-refractivity contribution in [3.05, 3.63) is 182 Å². The summed E-state index contributed by atoms with van der Waals surface area (Å²) in [6, 6.07) is 32.5. The Labute approximate surface area is 299 Å². The van der Waals surface area contributed by atoms with Gasteiger partial charge in [0.05, 0.1) is 15.1 Å². The van der Waals surface area contributed by atoms with Crippen LogP contribution < -0.4 is 0 Å². The maximum absolute atomic E-state index is 9.40. The van der Waals surface area contributed by atoms with Gasteiger partial charge in [0.25, 0.3) is 0 Å². The second-order valence-electron chi connectivity index (χ2n) is 12.0. The highest BCUT2D eigenvalue weighted by Crippen LogP contribution is 2.47. The van der Waals surface area contributed by atoms with Crippen LogP contribution in [-0.4, -0.2) is 0 Å². The summed E-state index contributed by atoms with van der Waals surface area (Å²) in [6.07, 6.45) is 0. The molecule has 0 unspecified atom stereocenters. The van der Waals surface area contributed by atoms with E-state index in [-0.39, 0.29) is 39.1 Å². The van der Waals surface area contributed by atoms with E-state index in [1.54, 1.807) is 0 Å². The van der Waals surface area contributed by atoms with Crippen LogP contribution in [0.2, 0.25) is 0 Å². The van der Waals surface area contributed by atoms with Crippen LogP contribution in [0.3, 0.4) is 0 Å². The number of furan rings is 1. The van der Waals surface area contributed by atoms with E-state index in [2.05, 4.69) is 54.6 Å². The average Bonchev–Trinajstić information content (AvgIpc) is 3.68. The van der Waals surface area contributed by atoms with Crippen molar-refractivity contribution < 1.29 is 19.5 Å². The van der Waals surface area contributed by atoms with Gasteiger partial charge in [0, 0.05) is 21.9 Å². The molecule has 0 aliphatic carbocycles. The minimum absolute atomic E-state index is 0.0260. The highest BCUT2D eigenvalue weighted by atomic mass is 16.3. The average molecular weight is 634 g/mol. The Morgan fingerprint density at radius 2 is 1.00 bits per heavy atom. The van der Waals surface area contributed by atoms with Crippen molar-refractivity contribution in [2.45, 2.75) is 0 Å². The SMILES string of the molecule is [2H]c1c([2H])c([2H])c(-c2c([2H])c([2H])c3c(oc4c(-c5c6ccccc6c(-c6ccc(-c7cccc8ccccc78)cc6)c6ccccc56)c([2H])c([2H])c([2H])c43)c2[2H])c([2H])c1[2H]. The predicted octanol–water partition coefficient (Wildman–Crippen LogP) is 13.7. The normalized spacial score (nSPS) is 14.8. The van der Waals surface area contributed by atoms with E-state index in [4.69, 9.17) is 15.4 Å². The van der Waals surface area contributed by atoms with Crippen LogP contribution in [0.5, 0.6) is 0 Å². The monoisotopic (exact) mass is 633 g/mol. The molecule has 0 amide bonds.